The quantitative estimate of drug-likeness (QED) is 0.826. The van der Waals surface area contributed by atoms with E-state index in [9.17, 15) is 4.39 Å². The van der Waals surface area contributed by atoms with E-state index in [-0.39, 0.29) is 11.6 Å². The molecule has 0 radical (unpaired) electrons. The Morgan fingerprint density at radius 1 is 1.06 bits per heavy atom. The fourth-order valence-corrected chi connectivity index (χ4v) is 1.61. The summed E-state index contributed by atoms with van der Waals surface area (Å²) in [6, 6.07) is 13.7. The van der Waals surface area contributed by atoms with Crippen molar-refractivity contribution in [1.29, 1.82) is 0 Å². The summed E-state index contributed by atoms with van der Waals surface area (Å²) >= 11 is 5.78. The molecule has 0 bridgehead atoms. The number of hydrogen-bond acceptors (Lipinski definition) is 2. The van der Waals surface area contributed by atoms with Crippen molar-refractivity contribution in [1.82, 2.24) is 0 Å². The summed E-state index contributed by atoms with van der Waals surface area (Å²) in [5.74, 6) is -0.0700. The summed E-state index contributed by atoms with van der Waals surface area (Å²) < 4.78 is 18.5. The fraction of sp³-hybridized carbons (Fsp3) is 0.143. The molecular weight excluding hydrogens is 253 g/mol. The topological polar surface area (TPSA) is 21.3 Å². The van der Waals surface area contributed by atoms with Crippen molar-refractivity contribution in [2.24, 2.45) is 0 Å². The number of ether oxygens (including phenoxy) is 1. The van der Waals surface area contributed by atoms with Gasteiger partial charge in [0, 0.05) is 17.3 Å². The van der Waals surface area contributed by atoms with Gasteiger partial charge in [0.25, 0.3) is 0 Å². The van der Waals surface area contributed by atoms with E-state index in [4.69, 9.17) is 16.3 Å². The van der Waals surface area contributed by atoms with Crippen LogP contribution >= 0.6 is 11.6 Å². The first-order valence-corrected chi connectivity index (χ1v) is 6.00. The molecule has 94 valence electrons. The molecule has 2 nitrogen and oxygen atoms in total. The van der Waals surface area contributed by atoms with E-state index >= 15 is 0 Å². The van der Waals surface area contributed by atoms with Crippen molar-refractivity contribution < 1.29 is 9.13 Å². The minimum atomic E-state index is -0.344. The van der Waals surface area contributed by atoms with Gasteiger partial charge in [-0.2, -0.15) is 0 Å². The molecule has 0 aliphatic carbocycles. The molecule has 0 saturated heterocycles. The van der Waals surface area contributed by atoms with Gasteiger partial charge in [0.05, 0.1) is 0 Å². The number of rotatable bonds is 5. The van der Waals surface area contributed by atoms with Crippen LogP contribution in [0.3, 0.4) is 0 Å². The first-order valence-electron chi connectivity index (χ1n) is 5.62. The fourth-order valence-electron chi connectivity index (χ4n) is 1.49. The minimum absolute atomic E-state index is 0.274. The number of anilines is 1. The smallest absolute Gasteiger partial charge is 0.165 e. The van der Waals surface area contributed by atoms with Crippen LogP contribution in [0.1, 0.15) is 0 Å². The number of benzene rings is 2. The number of halogens is 2. The van der Waals surface area contributed by atoms with Gasteiger partial charge < -0.3 is 10.1 Å². The molecule has 0 amide bonds. The second-order valence-corrected chi connectivity index (χ2v) is 4.15. The molecule has 0 aromatic heterocycles. The monoisotopic (exact) mass is 265 g/mol. The number of para-hydroxylation sites is 1. The van der Waals surface area contributed by atoms with Crippen LogP contribution in [0, 0.1) is 5.82 Å². The second-order valence-electron chi connectivity index (χ2n) is 3.71. The van der Waals surface area contributed by atoms with Gasteiger partial charge in [0.15, 0.2) is 11.6 Å². The zero-order valence-corrected chi connectivity index (χ0v) is 10.5. The number of nitrogens with one attached hydrogen (secondary N) is 1. The summed E-state index contributed by atoms with van der Waals surface area (Å²) in [5.41, 5.74) is 0.955. The third-order valence-electron chi connectivity index (χ3n) is 2.37. The van der Waals surface area contributed by atoms with E-state index < -0.39 is 0 Å². The van der Waals surface area contributed by atoms with E-state index in [1.807, 2.05) is 24.3 Å². The third-order valence-corrected chi connectivity index (χ3v) is 2.62. The predicted octanol–water partition coefficient (Wildman–Crippen LogP) is 3.97. The van der Waals surface area contributed by atoms with E-state index in [1.165, 1.54) is 6.07 Å². The molecule has 18 heavy (non-hydrogen) atoms. The Kier molecular flexibility index (Phi) is 4.42. The van der Waals surface area contributed by atoms with E-state index in [1.54, 1.807) is 18.2 Å². The zero-order chi connectivity index (χ0) is 12.8. The molecule has 2 rings (SSSR count). The number of hydrogen-bond donors (Lipinski definition) is 1. The molecule has 0 aliphatic rings. The molecule has 0 fully saturated rings. The van der Waals surface area contributed by atoms with Crippen LogP contribution in [-0.4, -0.2) is 13.2 Å². The summed E-state index contributed by atoms with van der Waals surface area (Å²) in [6.07, 6.45) is 0. The highest BCUT2D eigenvalue weighted by atomic mass is 35.5. The summed E-state index contributed by atoms with van der Waals surface area (Å²) in [6.45, 7) is 0.986. The van der Waals surface area contributed by atoms with Crippen LogP contribution in [0.5, 0.6) is 5.75 Å². The van der Waals surface area contributed by atoms with Gasteiger partial charge in [-0.3, -0.25) is 0 Å². The standard InChI is InChI=1S/C14H13ClFNO/c15-11-5-7-12(8-6-11)17-9-10-18-14-4-2-1-3-13(14)16/h1-8,17H,9-10H2. The molecule has 0 atom stereocenters. The third kappa shape index (κ3) is 3.64. The van der Waals surface area contributed by atoms with Gasteiger partial charge >= 0.3 is 0 Å². The van der Waals surface area contributed by atoms with Crippen molar-refractivity contribution in [3.63, 3.8) is 0 Å². The maximum Gasteiger partial charge on any atom is 0.165 e. The molecule has 1 N–H and O–H groups in total. The van der Waals surface area contributed by atoms with Crippen LogP contribution in [0.25, 0.3) is 0 Å². The van der Waals surface area contributed by atoms with Gasteiger partial charge in [-0.05, 0) is 36.4 Å². The summed E-state index contributed by atoms with van der Waals surface area (Å²) in [4.78, 5) is 0. The highest BCUT2D eigenvalue weighted by Gasteiger charge is 2.00. The molecular formula is C14H13ClFNO. The lowest BCUT2D eigenvalue weighted by Gasteiger charge is -2.09. The molecule has 0 unspecified atom stereocenters. The van der Waals surface area contributed by atoms with Crippen molar-refractivity contribution in [2.45, 2.75) is 0 Å². The van der Waals surface area contributed by atoms with Gasteiger partial charge in [0.1, 0.15) is 6.61 Å². The lowest BCUT2D eigenvalue weighted by molar-refractivity contribution is 0.315. The molecule has 0 spiro atoms. The predicted molar refractivity (Wildman–Crippen MR) is 71.8 cm³/mol. The second kappa shape index (κ2) is 6.26. The van der Waals surface area contributed by atoms with E-state index in [0.29, 0.717) is 18.2 Å². The van der Waals surface area contributed by atoms with Crippen molar-refractivity contribution >= 4 is 17.3 Å². The molecule has 0 heterocycles. The molecule has 2 aromatic carbocycles. The Bertz CT molecular complexity index is 501. The minimum Gasteiger partial charge on any atom is -0.489 e. The first kappa shape index (κ1) is 12.7. The Hall–Kier alpha value is -1.74. The van der Waals surface area contributed by atoms with Crippen LogP contribution in [0.4, 0.5) is 10.1 Å². The van der Waals surface area contributed by atoms with Crippen LogP contribution in [0.2, 0.25) is 5.02 Å². The zero-order valence-electron chi connectivity index (χ0n) is 9.70. The van der Waals surface area contributed by atoms with Crippen molar-refractivity contribution in [2.75, 3.05) is 18.5 Å². The van der Waals surface area contributed by atoms with Gasteiger partial charge in [-0.25, -0.2) is 4.39 Å². The van der Waals surface area contributed by atoms with E-state index in [2.05, 4.69) is 5.32 Å². The largest absolute Gasteiger partial charge is 0.489 e. The molecule has 0 aliphatic heterocycles. The van der Waals surface area contributed by atoms with Crippen molar-refractivity contribution in [3.8, 4) is 5.75 Å². The Labute approximate surface area is 110 Å². The van der Waals surface area contributed by atoms with Gasteiger partial charge in [0.2, 0.25) is 0 Å². The van der Waals surface area contributed by atoms with Gasteiger partial charge in [-0.15, -0.1) is 0 Å². The highest BCUT2D eigenvalue weighted by molar-refractivity contribution is 6.30. The van der Waals surface area contributed by atoms with Crippen LogP contribution in [0.15, 0.2) is 48.5 Å². The summed E-state index contributed by atoms with van der Waals surface area (Å²) in [5, 5.41) is 3.85. The maximum atomic E-state index is 13.2. The average Bonchev–Trinajstić information content (AvgIpc) is 2.39. The SMILES string of the molecule is Fc1ccccc1OCCNc1ccc(Cl)cc1. The lowest BCUT2D eigenvalue weighted by Crippen LogP contribution is -2.11. The maximum absolute atomic E-state index is 13.2. The Morgan fingerprint density at radius 2 is 1.78 bits per heavy atom. The first-order chi connectivity index (χ1) is 8.75. The van der Waals surface area contributed by atoms with Crippen LogP contribution in [-0.2, 0) is 0 Å². The van der Waals surface area contributed by atoms with Crippen molar-refractivity contribution in [3.05, 3.63) is 59.4 Å². The Balaban J connectivity index is 1.76. The Morgan fingerprint density at radius 3 is 2.50 bits per heavy atom. The lowest BCUT2D eigenvalue weighted by atomic mass is 10.3. The molecule has 2 aromatic rings. The average molecular weight is 266 g/mol. The highest BCUT2D eigenvalue weighted by Crippen LogP contribution is 2.15. The van der Waals surface area contributed by atoms with E-state index in [0.717, 1.165) is 5.69 Å². The van der Waals surface area contributed by atoms with Crippen LogP contribution < -0.4 is 10.1 Å². The molecule has 4 heteroatoms. The normalized spacial score (nSPS) is 10.1. The summed E-state index contributed by atoms with van der Waals surface area (Å²) in [7, 11) is 0. The molecule has 0 saturated carbocycles. The van der Waals surface area contributed by atoms with Gasteiger partial charge in [-0.1, -0.05) is 23.7 Å².